The number of carbonyl (C=O) groups is 1. The van der Waals surface area contributed by atoms with Crippen LogP contribution in [0.3, 0.4) is 0 Å². The van der Waals surface area contributed by atoms with Crippen LogP contribution >= 0.6 is 0 Å². The molecule has 5 heteroatoms. The average molecular weight is 341 g/mol. The summed E-state index contributed by atoms with van der Waals surface area (Å²) in [6.07, 6.45) is 4.18. The molecule has 1 fully saturated rings. The number of hydrogen-bond donors (Lipinski definition) is 1. The molecule has 0 bridgehead atoms. The zero-order chi connectivity index (χ0) is 17.5. The van der Waals surface area contributed by atoms with Gasteiger partial charge >= 0.3 is 0 Å². The number of aromatic nitrogens is 1. The SMILES string of the molecule is O=C(Cc1ccccn1)NC[C@H]1CCCN(Cc2ccccc2F)C1. The Bertz CT molecular complexity index is 692. The molecule has 1 aliphatic heterocycles. The quantitative estimate of drug-likeness (QED) is 0.879. The zero-order valence-electron chi connectivity index (χ0n) is 14.3. The van der Waals surface area contributed by atoms with E-state index < -0.39 is 0 Å². The number of rotatable bonds is 6. The van der Waals surface area contributed by atoms with Gasteiger partial charge in [0.15, 0.2) is 0 Å². The van der Waals surface area contributed by atoms with Crippen molar-refractivity contribution in [1.29, 1.82) is 0 Å². The Morgan fingerprint density at radius 2 is 2.08 bits per heavy atom. The smallest absolute Gasteiger partial charge is 0.226 e. The van der Waals surface area contributed by atoms with Crippen LogP contribution < -0.4 is 5.32 Å². The van der Waals surface area contributed by atoms with Gasteiger partial charge in [-0.05, 0) is 43.5 Å². The van der Waals surface area contributed by atoms with Crippen molar-refractivity contribution < 1.29 is 9.18 Å². The second-order valence-corrected chi connectivity index (χ2v) is 6.64. The van der Waals surface area contributed by atoms with Crippen molar-refractivity contribution in [2.24, 2.45) is 5.92 Å². The maximum Gasteiger partial charge on any atom is 0.226 e. The summed E-state index contributed by atoms with van der Waals surface area (Å²) in [5.41, 5.74) is 1.52. The van der Waals surface area contributed by atoms with Gasteiger partial charge in [0.05, 0.1) is 6.42 Å². The minimum Gasteiger partial charge on any atom is -0.355 e. The summed E-state index contributed by atoms with van der Waals surface area (Å²) in [6, 6.07) is 12.5. The molecule has 0 spiro atoms. The molecule has 1 aliphatic rings. The molecule has 2 aromatic rings. The van der Waals surface area contributed by atoms with E-state index in [1.807, 2.05) is 30.3 Å². The van der Waals surface area contributed by atoms with Crippen LogP contribution in [0.2, 0.25) is 0 Å². The summed E-state index contributed by atoms with van der Waals surface area (Å²) < 4.78 is 13.8. The van der Waals surface area contributed by atoms with Crippen molar-refractivity contribution in [3.63, 3.8) is 0 Å². The first-order valence-corrected chi connectivity index (χ1v) is 8.83. The van der Waals surface area contributed by atoms with Crippen LogP contribution in [0, 0.1) is 11.7 Å². The van der Waals surface area contributed by atoms with E-state index in [2.05, 4.69) is 15.2 Å². The molecule has 4 nitrogen and oxygen atoms in total. The molecule has 1 N–H and O–H groups in total. The average Bonchev–Trinajstić information content (AvgIpc) is 2.63. The maximum atomic E-state index is 13.8. The van der Waals surface area contributed by atoms with E-state index in [1.54, 1.807) is 12.3 Å². The summed E-state index contributed by atoms with van der Waals surface area (Å²) >= 11 is 0. The third-order valence-corrected chi connectivity index (χ3v) is 4.61. The monoisotopic (exact) mass is 341 g/mol. The number of carbonyl (C=O) groups excluding carboxylic acids is 1. The predicted molar refractivity (Wildman–Crippen MR) is 95.4 cm³/mol. The third-order valence-electron chi connectivity index (χ3n) is 4.61. The summed E-state index contributed by atoms with van der Waals surface area (Å²) in [5, 5.41) is 3.02. The van der Waals surface area contributed by atoms with Gasteiger partial charge in [0.1, 0.15) is 5.82 Å². The Hall–Kier alpha value is -2.27. The number of benzene rings is 1. The standard InChI is InChI=1S/C20H24FN3O/c21-19-9-2-1-7-17(19)15-24-11-5-6-16(14-24)13-23-20(25)12-18-8-3-4-10-22-18/h1-4,7-10,16H,5-6,11-15H2,(H,23,25)/t16-/m1/s1. The highest BCUT2D eigenvalue weighted by Gasteiger charge is 2.21. The second kappa shape index (κ2) is 8.72. The van der Waals surface area contributed by atoms with Crippen molar-refractivity contribution in [1.82, 2.24) is 15.2 Å². The van der Waals surface area contributed by atoms with Gasteiger partial charge in [-0.1, -0.05) is 24.3 Å². The normalized spacial score (nSPS) is 18.0. The van der Waals surface area contributed by atoms with Gasteiger partial charge < -0.3 is 5.32 Å². The van der Waals surface area contributed by atoms with E-state index in [0.717, 1.165) is 37.2 Å². The number of halogens is 1. The molecular formula is C20H24FN3O. The highest BCUT2D eigenvalue weighted by Crippen LogP contribution is 2.19. The van der Waals surface area contributed by atoms with E-state index in [1.165, 1.54) is 6.07 Å². The highest BCUT2D eigenvalue weighted by atomic mass is 19.1. The van der Waals surface area contributed by atoms with Gasteiger partial charge in [-0.2, -0.15) is 0 Å². The number of nitrogens with zero attached hydrogens (tertiary/aromatic N) is 2. The topological polar surface area (TPSA) is 45.2 Å². The van der Waals surface area contributed by atoms with Crippen LogP contribution in [0.1, 0.15) is 24.1 Å². The molecule has 0 aliphatic carbocycles. The summed E-state index contributed by atoms with van der Waals surface area (Å²) in [5.74, 6) is 0.270. The fourth-order valence-corrected chi connectivity index (χ4v) is 3.32. The molecule has 2 heterocycles. The Labute approximate surface area is 148 Å². The van der Waals surface area contributed by atoms with Gasteiger partial charge in [-0.15, -0.1) is 0 Å². The fourth-order valence-electron chi connectivity index (χ4n) is 3.32. The van der Waals surface area contributed by atoms with Crippen LogP contribution in [-0.4, -0.2) is 35.4 Å². The van der Waals surface area contributed by atoms with Crippen LogP contribution in [0.5, 0.6) is 0 Å². The van der Waals surface area contributed by atoms with Crippen LogP contribution in [0.15, 0.2) is 48.7 Å². The highest BCUT2D eigenvalue weighted by molar-refractivity contribution is 5.78. The number of likely N-dealkylation sites (tertiary alicyclic amines) is 1. The minimum absolute atomic E-state index is 0.00456. The van der Waals surface area contributed by atoms with Gasteiger partial charge in [-0.3, -0.25) is 14.7 Å². The number of amides is 1. The lowest BCUT2D eigenvalue weighted by atomic mass is 9.97. The molecule has 1 amide bonds. The number of pyridine rings is 1. The van der Waals surface area contributed by atoms with Crippen LogP contribution in [0.25, 0.3) is 0 Å². The zero-order valence-corrected chi connectivity index (χ0v) is 14.3. The van der Waals surface area contributed by atoms with Crippen LogP contribution in [0.4, 0.5) is 4.39 Å². The molecule has 0 radical (unpaired) electrons. The molecule has 25 heavy (non-hydrogen) atoms. The maximum absolute atomic E-state index is 13.8. The number of piperidine rings is 1. The first-order valence-electron chi connectivity index (χ1n) is 8.83. The Morgan fingerprint density at radius 1 is 1.24 bits per heavy atom. The van der Waals surface area contributed by atoms with Crippen molar-refractivity contribution >= 4 is 5.91 Å². The summed E-state index contributed by atoms with van der Waals surface area (Å²) in [6.45, 7) is 3.16. The minimum atomic E-state index is -0.145. The first kappa shape index (κ1) is 17.5. The van der Waals surface area contributed by atoms with Gasteiger partial charge in [0.25, 0.3) is 0 Å². The largest absolute Gasteiger partial charge is 0.355 e. The molecule has 1 aromatic heterocycles. The Morgan fingerprint density at radius 3 is 2.88 bits per heavy atom. The summed E-state index contributed by atoms with van der Waals surface area (Å²) in [4.78, 5) is 18.5. The lowest BCUT2D eigenvalue weighted by Gasteiger charge is -2.32. The van der Waals surface area contributed by atoms with E-state index in [9.17, 15) is 9.18 Å². The Kier molecular flexibility index (Phi) is 6.12. The second-order valence-electron chi connectivity index (χ2n) is 6.64. The van der Waals surface area contributed by atoms with E-state index >= 15 is 0 Å². The summed E-state index contributed by atoms with van der Waals surface area (Å²) in [7, 11) is 0. The third kappa shape index (κ3) is 5.36. The number of nitrogens with one attached hydrogen (secondary N) is 1. The van der Waals surface area contributed by atoms with E-state index in [-0.39, 0.29) is 11.7 Å². The fraction of sp³-hybridized carbons (Fsp3) is 0.400. The first-order chi connectivity index (χ1) is 12.2. The van der Waals surface area contributed by atoms with Crippen molar-refractivity contribution in [2.45, 2.75) is 25.8 Å². The van der Waals surface area contributed by atoms with Crippen molar-refractivity contribution in [3.05, 3.63) is 65.7 Å². The Balaban J connectivity index is 1.45. The van der Waals surface area contributed by atoms with Gasteiger partial charge in [0.2, 0.25) is 5.91 Å². The number of hydrogen-bond acceptors (Lipinski definition) is 3. The van der Waals surface area contributed by atoms with Crippen molar-refractivity contribution in [3.8, 4) is 0 Å². The van der Waals surface area contributed by atoms with E-state index in [4.69, 9.17) is 0 Å². The van der Waals surface area contributed by atoms with E-state index in [0.29, 0.717) is 25.4 Å². The van der Waals surface area contributed by atoms with Crippen LogP contribution in [-0.2, 0) is 17.8 Å². The predicted octanol–water partition coefficient (Wildman–Crippen LogP) is 2.79. The molecule has 3 rings (SSSR count). The van der Waals surface area contributed by atoms with Crippen molar-refractivity contribution in [2.75, 3.05) is 19.6 Å². The molecule has 0 saturated carbocycles. The molecular weight excluding hydrogens is 317 g/mol. The molecule has 0 unspecified atom stereocenters. The molecule has 132 valence electrons. The molecule has 1 saturated heterocycles. The molecule has 1 atom stereocenters. The van der Waals surface area contributed by atoms with Gasteiger partial charge in [-0.25, -0.2) is 4.39 Å². The lowest BCUT2D eigenvalue weighted by Crippen LogP contribution is -2.41. The van der Waals surface area contributed by atoms with Gasteiger partial charge in [0, 0.05) is 37.1 Å². The molecule has 1 aromatic carbocycles. The lowest BCUT2D eigenvalue weighted by molar-refractivity contribution is -0.120.